The van der Waals surface area contributed by atoms with E-state index in [0.717, 1.165) is 11.4 Å². The average molecular weight is 341 g/mol. The monoisotopic (exact) mass is 341 g/mol. The van der Waals surface area contributed by atoms with Gasteiger partial charge in [0.1, 0.15) is 12.3 Å². The Morgan fingerprint density at radius 3 is 2.57 bits per heavy atom. The number of nitrogens with one attached hydrogen (secondary N) is 2. The summed E-state index contributed by atoms with van der Waals surface area (Å²) in [5.74, 6) is -0.0619. The third-order valence-electron chi connectivity index (χ3n) is 3.26. The highest BCUT2D eigenvalue weighted by molar-refractivity contribution is 7.10. The van der Waals surface area contributed by atoms with E-state index in [-0.39, 0.29) is 11.7 Å². The van der Waals surface area contributed by atoms with Crippen LogP contribution >= 0.6 is 11.3 Å². The molecule has 0 saturated heterocycles. The van der Waals surface area contributed by atoms with Gasteiger partial charge in [-0.25, -0.2) is 0 Å². The maximum Gasteiger partial charge on any atom is 0.387 e. The number of aryl methyl sites for hydroxylation is 1. The molecule has 124 valence electrons. The number of hydrogen-bond acceptors (Lipinski definition) is 3. The first-order chi connectivity index (χ1) is 10.9. The zero-order valence-corrected chi connectivity index (χ0v) is 13.8. The van der Waals surface area contributed by atoms with E-state index in [4.69, 9.17) is 0 Å². The maximum atomic E-state index is 12.1. The summed E-state index contributed by atoms with van der Waals surface area (Å²) in [5, 5.41) is 4.79. The summed E-state index contributed by atoms with van der Waals surface area (Å²) < 4.78 is 28.4. The minimum Gasteiger partial charge on any atom is -0.435 e. The molecule has 1 heterocycles. The van der Waals surface area contributed by atoms with Crippen LogP contribution in [0.25, 0.3) is 0 Å². The number of alkyl halides is 2. The zero-order chi connectivity index (χ0) is 16.8. The molecule has 23 heavy (non-hydrogen) atoms. The Labute approximate surface area is 137 Å². The Hall–Kier alpha value is -1.99. The Morgan fingerprint density at radius 1 is 1.30 bits per heavy atom. The van der Waals surface area contributed by atoms with Gasteiger partial charge in [-0.05, 0) is 48.2 Å². The van der Waals surface area contributed by atoms with Gasteiger partial charge in [0.05, 0.1) is 11.9 Å². The van der Waals surface area contributed by atoms with E-state index >= 15 is 0 Å². The van der Waals surface area contributed by atoms with Gasteiger partial charge in [0.2, 0.25) is 0 Å². The Kier molecular flexibility index (Phi) is 6.06. The standard InChI is InChI=1S/C16H18F2N2O2S/c1-11-7-8-23-14(11)9-20(2)10-15(21)19-12-3-5-13(6-4-12)22-16(17)18/h3-8,16H,9-10H2,1-2H3,(H,19,21)/p+1. The van der Waals surface area contributed by atoms with Crippen LogP contribution in [0.3, 0.4) is 0 Å². The average Bonchev–Trinajstić information content (AvgIpc) is 2.85. The largest absolute Gasteiger partial charge is 0.435 e. The van der Waals surface area contributed by atoms with Crippen LogP contribution in [0.1, 0.15) is 10.4 Å². The molecular weight excluding hydrogens is 322 g/mol. The van der Waals surface area contributed by atoms with Gasteiger partial charge in [-0.3, -0.25) is 4.79 Å². The van der Waals surface area contributed by atoms with Gasteiger partial charge in [-0.2, -0.15) is 8.78 Å². The fourth-order valence-corrected chi connectivity index (χ4v) is 3.14. The van der Waals surface area contributed by atoms with E-state index in [9.17, 15) is 13.6 Å². The van der Waals surface area contributed by atoms with Crippen molar-refractivity contribution in [1.82, 2.24) is 0 Å². The number of hydrogen-bond donors (Lipinski definition) is 2. The third-order valence-corrected chi connectivity index (χ3v) is 4.28. The van der Waals surface area contributed by atoms with E-state index in [1.807, 2.05) is 12.4 Å². The molecule has 2 rings (SSSR count). The van der Waals surface area contributed by atoms with E-state index in [1.165, 1.54) is 34.7 Å². The molecule has 0 aliphatic carbocycles. The first-order valence-corrected chi connectivity index (χ1v) is 8.01. The Balaban J connectivity index is 1.83. The molecule has 1 atom stereocenters. The van der Waals surface area contributed by atoms with Crippen LogP contribution in [0.5, 0.6) is 5.75 Å². The predicted octanol–water partition coefficient (Wildman–Crippen LogP) is 2.31. The summed E-state index contributed by atoms with van der Waals surface area (Å²) in [6, 6.07) is 7.93. The fraction of sp³-hybridized carbons (Fsp3) is 0.312. The molecule has 0 spiro atoms. The molecule has 0 bridgehead atoms. The van der Waals surface area contributed by atoms with Gasteiger partial charge >= 0.3 is 6.61 Å². The highest BCUT2D eigenvalue weighted by atomic mass is 32.1. The molecule has 0 radical (unpaired) electrons. The van der Waals surface area contributed by atoms with E-state index in [0.29, 0.717) is 12.2 Å². The second kappa shape index (κ2) is 8.03. The highest BCUT2D eigenvalue weighted by Gasteiger charge is 2.13. The molecular formula is C16H19F2N2O2S+. The Bertz CT molecular complexity index is 644. The lowest BCUT2D eigenvalue weighted by molar-refractivity contribution is -0.884. The Morgan fingerprint density at radius 2 is 2.00 bits per heavy atom. The molecule has 0 saturated carbocycles. The number of ether oxygens (including phenoxy) is 1. The molecule has 0 fully saturated rings. The van der Waals surface area contributed by atoms with Crippen LogP contribution < -0.4 is 15.0 Å². The number of benzene rings is 1. The molecule has 0 aliphatic heterocycles. The van der Waals surface area contributed by atoms with Gasteiger partial charge in [0.25, 0.3) is 5.91 Å². The molecule has 1 aromatic heterocycles. The number of quaternary nitrogens is 1. The lowest BCUT2D eigenvalue weighted by Gasteiger charge is -2.13. The molecule has 1 amide bonds. The number of anilines is 1. The first-order valence-electron chi connectivity index (χ1n) is 7.13. The minimum absolute atomic E-state index is 0.0638. The van der Waals surface area contributed by atoms with Crippen LogP contribution in [0.2, 0.25) is 0 Å². The van der Waals surface area contributed by atoms with E-state index in [1.54, 1.807) is 11.3 Å². The highest BCUT2D eigenvalue weighted by Crippen LogP contribution is 2.17. The van der Waals surface area contributed by atoms with Gasteiger partial charge in [0.15, 0.2) is 6.54 Å². The van der Waals surface area contributed by atoms with Crippen LogP contribution in [-0.2, 0) is 11.3 Å². The number of thiophene rings is 1. The normalized spacial score (nSPS) is 12.2. The third kappa shape index (κ3) is 5.61. The van der Waals surface area contributed by atoms with Gasteiger partial charge in [0, 0.05) is 5.69 Å². The van der Waals surface area contributed by atoms with Gasteiger partial charge in [-0.15, -0.1) is 11.3 Å². The fourth-order valence-electron chi connectivity index (χ4n) is 2.12. The summed E-state index contributed by atoms with van der Waals surface area (Å²) in [6.45, 7) is 0.320. The lowest BCUT2D eigenvalue weighted by Crippen LogP contribution is -3.08. The summed E-state index contributed by atoms with van der Waals surface area (Å²) in [6.07, 6.45) is 0. The number of likely N-dealkylation sites (N-methyl/N-ethyl adjacent to an activating group) is 1. The molecule has 1 aromatic carbocycles. The first kappa shape index (κ1) is 17.4. The molecule has 0 aliphatic rings. The SMILES string of the molecule is Cc1ccsc1C[NH+](C)CC(=O)Nc1ccc(OC(F)F)cc1. The van der Waals surface area contributed by atoms with E-state index < -0.39 is 6.61 Å². The lowest BCUT2D eigenvalue weighted by atomic mass is 10.3. The van der Waals surface area contributed by atoms with Gasteiger partial charge in [-0.1, -0.05) is 0 Å². The smallest absolute Gasteiger partial charge is 0.387 e. The van der Waals surface area contributed by atoms with Crippen molar-refractivity contribution in [2.75, 3.05) is 18.9 Å². The van der Waals surface area contributed by atoms with Crippen molar-refractivity contribution in [3.63, 3.8) is 0 Å². The molecule has 4 nitrogen and oxygen atoms in total. The summed E-state index contributed by atoms with van der Waals surface area (Å²) in [5.41, 5.74) is 1.79. The van der Waals surface area contributed by atoms with Crippen molar-refractivity contribution in [3.05, 3.63) is 46.2 Å². The summed E-state index contributed by atoms with van der Waals surface area (Å²) >= 11 is 1.69. The number of halogens is 2. The second-order valence-electron chi connectivity index (χ2n) is 5.29. The van der Waals surface area contributed by atoms with Crippen molar-refractivity contribution in [2.24, 2.45) is 0 Å². The number of amides is 1. The number of carbonyl (C=O) groups is 1. The van der Waals surface area contributed by atoms with Gasteiger partial charge < -0.3 is 15.0 Å². The summed E-state index contributed by atoms with van der Waals surface area (Å²) in [4.78, 5) is 14.4. The van der Waals surface area contributed by atoms with Crippen molar-refractivity contribution >= 4 is 22.9 Å². The predicted molar refractivity (Wildman–Crippen MR) is 86.2 cm³/mol. The maximum absolute atomic E-state index is 12.1. The van der Waals surface area contributed by atoms with Crippen molar-refractivity contribution in [2.45, 2.75) is 20.1 Å². The van der Waals surface area contributed by atoms with Crippen LogP contribution in [-0.4, -0.2) is 26.1 Å². The van der Waals surface area contributed by atoms with Crippen molar-refractivity contribution in [1.29, 1.82) is 0 Å². The summed E-state index contributed by atoms with van der Waals surface area (Å²) in [7, 11) is 1.96. The van der Waals surface area contributed by atoms with Crippen LogP contribution in [0.15, 0.2) is 35.7 Å². The van der Waals surface area contributed by atoms with Crippen LogP contribution in [0, 0.1) is 6.92 Å². The second-order valence-corrected chi connectivity index (χ2v) is 6.29. The van der Waals surface area contributed by atoms with Crippen LogP contribution in [0.4, 0.5) is 14.5 Å². The van der Waals surface area contributed by atoms with E-state index in [2.05, 4.69) is 23.0 Å². The molecule has 2 N–H and O–H groups in total. The number of carbonyl (C=O) groups excluding carboxylic acids is 1. The topological polar surface area (TPSA) is 42.8 Å². The van der Waals surface area contributed by atoms with Crippen molar-refractivity contribution < 1.29 is 23.2 Å². The van der Waals surface area contributed by atoms with Crippen molar-refractivity contribution in [3.8, 4) is 5.75 Å². The number of rotatable bonds is 7. The molecule has 7 heteroatoms. The molecule has 1 unspecified atom stereocenters. The minimum atomic E-state index is -2.85. The zero-order valence-electron chi connectivity index (χ0n) is 12.9. The molecule has 2 aromatic rings. The quantitative estimate of drug-likeness (QED) is 0.812.